The van der Waals surface area contributed by atoms with Crippen molar-refractivity contribution in [3.63, 3.8) is 0 Å². The van der Waals surface area contributed by atoms with Crippen LogP contribution in [0.15, 0.2) is 70.1 Å². The summed E-state index contributed by atoms with van der Waals surface area (Å²) in [5, 5.41) is 8.96. The lowest BCUT2D eigenvalue weighted by Gasteiger charge is -2.17. The summed E-state index contributed by atoms with van der Waals surface area (Å²) in [6.45, 7) is 2.24. The summed E-state index contributed by atoms with van der Waals surface area (Å²) in [6.07, 6.45) is 7.83. The molecule has 4 aliphatic rings. The average Bonchev–Trinajstić information content (AvgIpc) is 4.04. The van der Waals surface area contributed by atoms with Crippen LogP contribution in [0.25, 0.3) is 31.9 Å². The molecule has 4 aromatic heterocycles. The number of pyridine rings is 2. The number of rotatable bonds is 9. The van der Waals surface area contributed by atoms with E-state index in [0.29, 0.717) is 30.0 Å². The van der Waals surface area contributed by atoms with Gasteiger partial charge in [-0.3, -0.25) is 19.3 Å². The molecule has 3 aliphatic heterocycles. The van der Waals surface area contributed by atoms with Crippen LogP contribution in [-0.2, 0) is 24.0 Å². The van der Waals surface area contributed by atoms with Crippen molar-refractivity contribution in [2.45, 2.75) is 62.9 Å². The Morgan fingerprint density at radius 3 is 2.81 bits per heavy atom. The number of hydrogen-bond donors (Lipinski definition) is 2. The summed E-state index contributed by atoms with van der Waals surface area (Å²) < 4.78 is 17.4. The third kappa shape index (κ3) is 5.45. The van der Waals surface area contributed by atoms with Crippen molar-refractivity contribution in [2.75, 3.05) is 32.2 Å². The summed E-state index contributed by atoms with van der Waals surface area (Å²) in [7, 11) is 1.72. The lowest BCUT2D eigenvalue weighted by molar-refractivity contribution is 0.0776. The highest BCUT2D eigenvalue weighted by Crippen LogP contribution is 2.50. The largest absolute Gasteiger partial charge is 0.496 e. The predicted molar refractivity (Wildman–Crippen MR) is 202 cm³/mol. The van der Waals surface area contributed by atoms with E-state index in [2.05, 4.69) is 51.9 Å². The molecule has 3 atom stereocenters. The number of anilines is 1. The number of nitrogens with zero attached hydrogens (tertiary/aromatic N) is 4. The molecule has 12 heteroatoms. The number of H-pyrrole nitrogens is 1. The van der Waals surface area contributed by atoms with E-state index in [1.54, 1.807) is 18.4 Å². The molecule has 6 aromatic rings. The van der Waals surface area contributed by atoms with E-state index in [1.807, 2.05) is 29.3 Å². The smallest absolute Gasteiger partial charge is 0.439 e. The minimum absolute atomic E-state index is 0.0273. The molecule has 7 heterocycles. The van der Waals surface area contributed by atoms with Gasteiger partial charge >= 0.3 is 5.76 Å². The van der Waals surface area contributed by atoms with Gasteiger partial charge in [0.1, 0.15) is 11.6 Å². The summed E-state index contributed by atoms with van der Waals surface area (Å²) in [6, 6.07) is 19.1. The van der Waals surface area contributed by atoms with Gasteiger partial charge in [-0.25, -0.2) is 9.78 Å². The highest BCUT2D eigenvalue weighted by atomic mass is 32.1. The Hall–Kier alpha value is -5.33. The number of fused-ring (bicyclic) bond motifs is 5. The molecule has 1 amide bonds. The average molecular weight is 727 g/mol. The van der Waals surface area contributed by atoms with Crippen LogP contribution < -0.4 is 15.8 Å². The number of aryl methyl sites for hydroxylation is 2. The first-order valence-corrected chi connectivity index (χ1v) is 19.3. The van der Waals surface area contributed by atoms with E-state index >= 15 is 0 Å². The zero-order valence-electron chi connectivity index (χ0n) is 29.3. The van der Waals surface area contributed by atoms with Crippen LogP contribution in [0.5, 0.6) is 5.75 Å². The molecule has 0 radical (unpaired) electrons. The van der Waals surface area contributed by atoms with Gasteiger partial charge in [0.05, 0.1) is 53.0 Å². The second-order valence-corrected chi connectivity index (χ2v) is 15.5. The summed E-state index contributed by atoms with van der Waals surface area (Å²) in [4.78, 5) is 42.6. The number of carbonyl (C=O) groups is 1. The first-order chi connectivity index (χ1) is 26.0. The van der Waals surface area contributed by atoms with Crippen molar-refractivity contribution in [2.24, 2.45) is 0 Å². The summed E-state index contributed by atoms with van der Waals surface area (Å²) in [5.74, 6) is 1.71. The van der Waals surface area contributed by atoms with E-state index in [1.165, 1.54) is 22.3 Å². The second-order valence-electron chi connectivity index (χ2n) is 14.4. The normalized spacial score (nSPS) is 20.3. The Balaban J connectivity index is 1.10. The fraction of sp³-hybridized carbons (Fsp3) is 0.341. The lowest BCUT2D eigenvalue weighted by Crippen LogP contribution is -2.22. The quantitative estimate of drug-likeness (QED) is 0.156. The van der Waals surface area contributed by atoms with Crippen molar-refractivity contribution in [3.05, 3.63) is 111 Å². The van der Waals surface area contributed by atoms with Gasteiger partial charge in [-0.2, -0.15) is 0 Å². The first kappa shape index (κ1) is 32.3. The predicted octanol–water partition coefficient (Wildman–Crippen LogP) is 7.39. The maximum atomic E-state index is 14.3. The Labute approximate surface area is 309 Å². The van der Waals surface area contributed by atoms with Gasteiger partial charge in [-0.1, -0.05) is 41.6 Å². The molecular weight excluding hydrogens is 689 g/mol. The van der Waals surface area contributed by atoms with Crippen LogP contribution in [0, 0.1) is 0 Å². The molecule has 1 aliphatic carbocycles. The fourth-order valence-corrected chi connectivity index (χ4v) is 10.1. The minimum atomic E-state index is -0.656. The van der Waals surface area contributed by atoms with Crippen LogP contribution in [0.1, 0.15) is 87.7 Å². The topological polar surface area (TPSA) is 135 Å². The lowest BCUT2D eigenvalue weighted by atomic mass is 9.91. The van der Waals surface area contributed by atoms with Crippen molar-refractivity contribution in [3.8, 4) is 27.6 Å². The Morgan fingerprint density at radius 1 is 1.04 bits per heavy atom. The van der Waals surface area contributed by atoms with E-state index in [4.69, 9.17) is 24.0 Å². The third-order valence-corrected chi connectivity index (χ3v) is 12.6. The van der Waals surface area contributed by atoms with Gasteiger partial charge in [-0.15, -0.1) is 11.3 Å². The van der Waals surface area contributed by atoms with Gasteiger partial charge < -0.3 is 19.7 Å². The molecule has 1 unspecified atom stereocenters. The van der Waals surface area contributed by atoms with E-state index in [9.17, 15) is 9.59 Å². The number of thiophene rings is 1. The van der Waals surface area contributed by atoms with Gasteiger partial charge in [0.15, 0.2) is 5.82 Å². The molecule has 10 rings (SSSR count). The van der Waals surface area contributed by atoms with Crippen molar-refractivity contribution in [1.29, 1.82) is 0 Å². The maximum absolute atomic E-state index is 14.3. The molecule has 0 saturated carbocycles. The highest BCUT2D eigenvalue weighted by molar-refractivity contribution is 7.23. The molecule has 0 spiro atoms. The molecule has 2 fully saturated rings. The first-order valence-electron chi connectivity index (χ1n) is 18.5. The number of benzene rings is 2. The number of amides is 1. The number of nitrogens with one attached hydrogen (secondary N) is 2. The van der Waals surface area contributed by atoms with Gasteiger partial charge in [0.25, 0.3) is 5.91 Å². The second kappa shape index (κ2) is 13.0. The maximum Gasteiger partial charge on any atom is 0.439 e. The van der Waals surface area contributed by atoms with Crippen LogP contribution in [0.4, 0.5) is 5.82 Å². The minimum Gasteiger partial charge on any atom is -0.496 e. The number of methoxy groups -OCH3 is 1. The monoisotopic (exact) mass is 726 g/mol. The molecule has 2 aromatic carbocycles. The Morgan fingerprint density at radius 2 is 1.96 bits per heavy atom. The number of hydrogen-bond acceptors (Lipinski definition) is 10. The standard InChI is InChI=1S/C41H38N6O5S/c1-50-31-9-3-7-26-27(31)11-13-28(26)44-39-37-24(14-16-42-39)20-32(53-37)34-33(38-45-41(49)52-46-38)29(43-36-30-8-4-17-47(30)40(48)35(34)36)12-10-22-5-2-6-23(19-22)25-15-18-51-21-25/h2-3,5-7,9,14,16,19-20,25,28,30H,4,8,10-13,15,17-18,21H2,1H3,(H,42,44)(H,45,46,49)/t25?,28-,30+/m0/s1. The number of carbonyl (C=O) groups excluding carboxylic acids is 1. The van der Waals surface area contributed by atoms with E-state index < -0.39 is 5.76 Å². The number of aromatic amines is 1. The van der Waals surface area contributed by atoms with E-state index in [-0.39, 0.29) is 23.8 Å². The molecule has 268 valence electrons. The SMILES string of the molecule is COc1cccc2c1CC[C@@H]2Nc1nccc2cc(-c3c4c(nc(CCc5cccc(C6CCOC6)c5)c3-c3noc(=O)[nH]3)[C@H]3CCCN3C4=O)sc12. The molecular formula is C41H38N6O5S. The van der Waals surface area contributed by atoms with Crippen molar-refractivity contribution >= 4 is 33.1 Å². The highest BCUT2D eigenvalue weighted by Gasteiger charge is 2.44. The Bertz CT molecular complexity index is 2460. The van der Waals surface area contributed by atoms with Crippen molar-refractivity contribution < 1.29 is 18.8 Å². The van der Waals surface area contributed by atoms with Gasteiger partial charge in [0.2, 0.25) is 0 Å². The zero-order chi connectivity index (χ0) is 35.6. The Kier molecular flexibility index (Phi) is 7.90. The summed E-state index contributed by atoms with van der Waals surface area (Å²) >= 11 is 1.59. The van der Waals surface area contributed by atoms with Crippen LogP contribution in [0.2, 0.25) is 0 Å². The fourth-order valence-electron chi connectivity index (χ4n) is 8.95. The molecule has 2 N–H and O–H groups in total. The van der Waals surface area contributed by atoms with Crippen molar-refractivity contribution in [1.82, 2.24) is 25.0 Å². The van der Waals surface area contributed by atoms with Crippen LogP contribution in [0.3, 0.4) is 0 Å². The number of ether oxygens (including phenoxy) is 2. The molecule has 11 nitrogen and oxygen atoms in total. The van der Waals surface area contributed by atoms with E-state index in [0.717, 1.165) is 95.2 Å². The van der Waals surface area contributed by atoms with Crippen LogP contribution in [-0.4, -0.2) is 57.8 Å². The molecule has 0 bridgehead atoms. The van der Waals surface area contributed by atoms with Gasteiger partial charge in [-0.05, 0) is 90.8 Å². The molecule has 53 heavy (non-hydrogen) atoms. The number of aromatic nitrogens is 4. The zero-order valence-corrected chi connectivity index (χ0v) is 30.1. The summed E-state index contributed by atoms with van der Waals surface area (Å²) in [5.41, 5.74) is 8.51. The third-order valence-electron chi connectivity index (χ3n) is 11.5. The molecule has 2 saturated heterocycles. The van der Waals surface area contributed by atoms with Crippen LogP contribution >= 0.6 is 11.3 Å². The van der Waals surface area contributed by atoms with Gasteiger partial charge in [0, 0.05) is 35.7 Å².